The summed E-state index contributed by atoms with van der Waals surface area (Å²) >= 11 is 0. The lowest BCUT2D eigenvalue weighted by Gasteiger charge is -2.40. The van der Waals surface area contributed by atoms with Gasteiger partial charge in [0.05, 0.1) is 11.0 Å². The van der Waals surface area contributed by atoms with E-state index in [0.29, 0.717) is 11.1 Å². The van der Waals surface area contributed by atoms with Crippen LogP contribution in [0, 0.1) is 6.92 Å². The molecule has 1 N–H and O–H groups in total. The molecule has 5 nitrogen and oxygen atoms in total. The molecule has 0 aliphatic rings. The minimum atomic E-state index is -4.81. The number of carbonyl (C=O) groups is 1. The Morgan fingerprint density at radius 1 is 0.707 bits per heavy atom. The first-order valence-corrected chi connectivity index (χ1v) is 15.1. The molecule has 0 heterocycles. The van der Waals surface area contributed by atoms with E-state index in [1.165, 1.54) is 0 Å². The molecule has 0 aliphatic carbocycles. The Bertz CT molecular complexity index is 1550. The van der Waals surface area contributed by atoms with Crippen LogP contribution < -0.4 is 0 Å². The summed E-state index contributed by atoms with van der Waals surface area (Å²) in [5, 5.41) is 0. The second kappa shape index (κ2) is 10.9. The Kier molecular flexibility index (Phi) is 8.05. The summed E-state index contributed by atoms with van der Waals surface area (Å²) in [6.45, 7) is 12.7. The highest BCUT2D eigenvalue weighted by Gasteiger charge is 2.45. The summed E-state index contributed by atoms with van der Waals surface area (Å²) in [5.41, 5.74) is 0.916. The van der Waals surface area contributed by atoms with Crippen LogP contribution in [0.1, 0.15) is 85.3 Å². The highest BCUT2D eigenvalue weighted by Crippen LogP contribution is 2.50. The number of esters is 1. The first kappa shape index (κ1) is 30.2. The van der Waals surface area contributed by atoms with Gasteiger partial charge >= 0.3 is 5.97 Å². The van der Waals surface area contributed by atoms with Crippen LogP contribution in [0.5, 0.6) is 0 Å². The van der Waals surface area contributed by atoms with E-state index in [0.717, 1.165) is 16.7 Å². The van der Waals surface area contributed by atoms with Crippen molar-refractivity contribution in [2.75, 3.05) is 0 Å². The van der Waals surface area contributed by atoms with Gasteiger partial charge in [0.15, 0.2) is 0 Å². The van der Waals surface area contributed by atoms with E-state index in [-0.39, 0.29) is 16.0 Å². The Labute approximate surface area is 244 Å². The van der Waals surface area contributed by atoms with Gasteiger partial charge in [-0.2, -0.15) is 8.42 Å². The van der Waals surface area contributed by atoms with Crippen molar-refractivity contribution in [2.24, 2.45) is 0 Å². The van der Waals surface area contributed by atoms with Crippen LogP contribution in [0.15, 0.2) is 102 Å². The van der Waals surface area contributed by atoms with E-state index in [1.54, 1.807) is 33.8 Å². The van der Waals surface area contributed by atoms with Crippen LogP contribution in [-0.2, 0) is 25.7 Å². The van der Waals surface area contributed by atoms with E-state index in [4.69, 9.17) is 4.74 Å². The Hall–Kier alpha value is -3.74. The lowest BCUT2D eigenvalue weighted by molar-refractivity contribution is 0.00681. The lowest BCUT2D eigenvalue weighted by Crippen LogP contribution is -2.35. The van der Waals surface area contributed by atoms with Gasteiger partial charge in [-0.15, -0.1) is 0 Å². The summed E-state index contributed by atoms with van der Waals surface area (Å²) in [7, 11) is -4.81. The van der Waals surface area contributed by atoms with Gasteiger partial charge in [-0.3, -0.25) is 4.55 Å². The molecule has 4 rings (SSSR count). The van der Waals surface area contributed by atoms with E-state index < -0.39 is 32.5 Å². The van der Waals surface area contributed by atoms with Crippen molar-refractivity contribution < 1.29 is 22.5 Å². The zero-order valence-corrected chi connectivity index (χ0v) is 25.5. The largest absolute Gasteiger partial charge is 0.456 e. The highest BCUT2D eigenvalue weighted by molar-refractivity contribution is 7.86. The molecule has 0 fully saturated rings. The number of hydrogen-bond acceptors (Lipinski definition) is 4. The summed E-state index contributed by atoms with van der Waals surface area (Å²) in [4.78, 5) is 13.6. The van der Waals surface area contributed by atoms with Crippen LogP contribution in [0.3, 0.4) is 0 Å². The summed E-state index contributed by atoms with van der Waals surface area (Å²) in [5.74, 6) is -0.563. The summed E-state index contributed by atoms with van der Waals surface area (Å²) in [6, 6.07) is 30.4. The predicted molar refractivity (Wildman–Crippen MR) is 163 cm³/mol. The second-order valence-electron chi connectivity index (χ2n) is 12.4. The smallest absolute Gasteiger partial charge is 0.338 e. The molecule has 41 heavy (non-hydrogen) atoms. The molecule has 0 spiro atoms. The SMILES string of the molecule is Cc1c(C(=O)OC(C)(C)C)cc(C(c2ccccc2)(c2ccccc2)c2ccccc2)c(S(=O)(=O)O)c1C(C)(C)C. The van der Waals surface area contributed by atoms with Crippen molar-refractivity contribution in [3.8, 4) is 0 Å². The van der Waals surface area contributed by atoms with Gasteiger partial charge in [0, 0.05) is 0 Å². The summed E-state index contributed by atoms with van der Waals surface area (Å²) < 4.78 is 44.0. The standard InChI is InChI=1S/C35H38O5S/c1-24-28(32(36)40-34(5,6)7)23-29(31(41(37,38)39)30(24)33(2,3)4)35(25-17-11-8-12-18-25,26-19-13-9-14-20-26)27-21-15-10-16-22-27/h8-23H,1-7H3,(H,37,38,39). The van der Waals surface area contributed by atoms with Crippen LogP contribution in [0.4, 0.5) is 0 Å². The zero-order valence-electron chi connectivity index (χ0n) is 24.7. The van der Waals surface area contributed by atoms with Crippen LogP contribution in [0.25, 0.3) is 0 Å². The molecule has 0 aromatic heterocycles. The predicted octanol–water partition coefficient (Wildman–Crippen LogP) is 7.88. The molecule has 4 aromatic carbocycles. The Morgan fingerprint density at radius 3 is 1.41 bits per heavy atom. The zero-order chi connectivity index (χ0) is 30.2. The molecule has 6 heteroatoms. The molecule has 0 saturated heterocycles. The quantitative estimate of drug-likeness (QED) is 0.145. The molecule has 4 aromatic rings. The Balaban J connectivity index is 2.36. The molecule has 0 amide bonds. The van der Waals surface area contributed by atoms with Gasteiger partial charge < -0.3 is 4.74 Å². The fraction of sp³-hybridized carbons (Fsp3) is 0.286. The third kappa shape index (κ3) is 5.85. The van der Waals surface area contributed by atoms with Gasteiger partial charge in [0.2, 0.25) is 0 Å². The lowest BCUT2D eigenvalue weighted by atomic mass is 9.63. The van der Waals surface area contributed by atoms with Crippen molar-refractivity contribution in [1.82, 2.24) is 0 Å². The van der Waals surface area contributed by atoms with Crippen LogP contribution in [0.2, 0.25) is 0 Å². The molecule has 0 aliphatic heterocycles. The van der Waals surface area contributed by atoms with Crippen molar-refractivity contribution in [3.63, 3.8) is 0 Å². The molecule has 0 bridgehead atoms. The average molecular weight is 571 g/mol. The van der Waals surface area contributed by atoms with Gasteiger partial charge in [-0.25, -0.2) is 4.79 Å². The average Bonchev–Trinajstić information content (AvgIpc) is 2.89. The number of rotatable bonds is 6. The number of ether oxygens (including phenoxy) is 1. The number of hydrogen-bond donors (Lipinski definition) is 1. The first-order valence-electron chi connectivity index (χ1n) is 13.6. The second-order valence-corrected chi connectivity index (χ2v) is 13.7. The van der Waals surface area contributed by atoms with Crippen molar-refractivity contribution in [1.29, 1.82) is 0 Å². The van der Waals surface area contributed by atoms with Gasteiger partial charge in [0.1, 0.15) is 10.5 Å². The minimum Gasteiger partial charge on any atom is -0.456 e. The third-order valence-corrected chi connectivity index (χ3v) is 8.13. The maximum absolute atomic E-state index is 13.8. The molecule has 0 saturated carbocycles. The topological polar surface area (TPSA) is 80.7 Å². The third-order valence-electron chi connectivity index (χ3n) is 7.19. The van der Waals surface area contributed by atoms with Crippen LogP contribution >= 0.6 is 0 Å². The molecule has 0 unspecified atom stereocenters. The number of benzene rings is 4. The normalized spacial score (nSPS) is 12.7. The van der Waals surface area contributed by atoms with E-state index in [2.05, 4.69) is 0 Å². The van der Waals surface area contributed by atoms with Crippen molar-refractivity contribution in [3.05, 3.63) is 136 Å². The van der Waals surface area contributed by atoms with E-state index in [1.807, 2.05) is 112 Å². The number of carbonyl (C=O) groups excluding carboxylic acids is 1. The van der Waals surface area contributed by atoms with Crippen molar-refractivity contribution in [2.45, 2.75) is 69.8 Å². The molecular weight excluding hydrogens is 532 g/mol. The maximum atomic E-state index is 13.8. The fourth-order valence-electron chi connectivity index (χ4n) is 5.78. The van der Waals surface area contributed by atoms with Crippen molar-refractivity contribution >= 4 is 16.1 Å². The Morgan fingerprint density at radius 2 is 1.10 bits per heavy atom. The maximum Gasteiger partial charge on any atom is 0.338 e. The van der Waals surface area contributed by atoms with Gasteiger partial charge in [-0.1, -0.05) is 112 Å². The highest BCUT2D eigenvalue weighted by atomic mass is 32.2. The van der Waals surface area contributed by atoms with Gasteiger partial charge in [0.25, 0.3) is 10.1 Å². The first-order chi connectivity index (χ1) is 19.1. The van der Waals surface area contributed by atoms with E-state index in [9.17, 15) is 17.8 Å². The van der Waals surface area contributed by atoms with Gasteiger partial charge in [-0.05, 0) is 72.6 Å². The minimum absolute atomic E-state index is 0.202. The van der Waals surface area contributed by atoms with E-state index >= 15 is 0 Å². The molecule has 214 valence electrons. The monoisotopic (exact) mass is 570 g/mol. The molecule has 0 atom stereocenters. The molecular formula is C35H38O5S. The summed E-state index contributed by atoms with van der Waals surface area (Å²) in [6.07, 6.45) is 0. The fourth-order valence-corrected chi connectivity index (χ4v) is 6.99. The molecule has 0 radical (unpaired) electrons. The van der Waals surface area contributed by atoms with Crippen LogP contribution in [-0.4, -0.2) is 24.5 Å².